The molecule has 0 spiro atoms. The van der Waals surface area contributed by atoms with Crippen LogP contribution in [0, 0.1) is 5.92 Å². The molecular formula is C11H24N2. The van der Waals surface area contributed by atoms with E-state index in [1.807, 2.05) is 0 Å². The Morgan fingerprint density at radius 2 is 1.69 bits per heavy atom. The predicted octanol–water partition coefficient (Wildman–Crippen LogP) is 1.76. The molecule has 13 heavy (non-hydrogen) atoms. The van der Waals surface area contributed by atoms with Crippen LogP contribution in [0.4, 0.5) is 0 Å². The summed E-state index contributed by atoms with van der Waals surface area (Å²) in [7, 11) is 0. The van der Waals surface area contributed by atoms with Gasteiger partial charge in [0.25, 0.3) is 0 Å². The minimum Gasteiger partial charge on any atom is -0.317 e. The molecule has 2 heteroatoms. The number of hydrogen-bond acceptors (Lipinski definition) is 2. The van der Waals surface area contributed by atoms with Crippen LogP contribution in [0.3, 0.4) is 0 Å². The lowest BCUT2D eigenvalue weighted by atomic mass is 9.88. The predicted molar refractivity (Wildman–Crippen MR) is 57.9 cm³/mol. The molecule has 1 rings (SSSR count). The van der Waals surface area contributed by atoms with Crippen LogP contribution in [-0.2, 0) is 0 Å². The molecule has 2 N–H and O–H groups in total. The molecule has 1 saturated heterocycles. The van der Waals surface area contributed by atoms with E-state index < -0.39 is 0 Å². The summed E-state index contributed by atoms with van der Waals surface area (Å²) in [4.78, 5) is 0. The van der Waals surface area contributed by atoms with Gasteiger partial charge in [-0.1, -0.05) is 13.8 Å². The van der Waals surface area contributed by atoms with E-state index >= 15 is 0 Å². The maximum atomic E-state index is 3.75. The molecule has 0 bridgehead atoms. The maximum absolute atomic E-state index is 3.75. The Morgan fingerprint density at radius 3 is 2.15 bits per heavy atom. The van der Waals surface area contributed by atoms with Crippen molar-refractivity contribution in [2.75, 3.05) is 13.1 Å². The highest BCUT2D eigenvalue weighted by atomic mass is 15.0. The minimum absolute atomic E-state index is 0.370. The Labute approximate surface area is 82.5 Å². The van der Waals surface area contributed by atoms with Gasteiger partial charge < -0.3 is 10.6 Å². The molecule has 0 aliphatic carbocycles. The van der Waals surface area contributed by atoms with Gasteiger partial charge in [-0.15, -0.1) is 0 Å². The van der Waals surface area contributed by atoms with Crippen molar-refractivity contribution in [3.63, 3.8) is 0 Å². The summed E-state index contributed by atoms with van der Waals surface area (Å²) in [5.74, 6) is 0.728. The van der Waals surface area contributed by atoms with Gasteiger partial charge in [0, 0.05) is 11.6 Å². The second kappa shape index (κ2) is 4.43. The zero-order chi connectivity index (χ0) is 9.90. The fraction of sp³-hybridized carbons (Fsp3) is 1.00. The van der Waals surface area contributed by atoms with Crippen LogP contribution in [0.15, 0.2) is 0 Å². The maximum Gasteiger partial charge on any atom is 0.0180 e. The molecule has 1 heterocycles. The first-order valence-electron chi connectivity index (χ1n) is 5.52. The minimum atomic E-state index is 0.370. The summed E-state index contributed by atoms with van der Waals surface area (Å²) < 4.78 is 0. The molecule has 1 atom stereocenters. The van der Waals surface area contributed by atoms with Gasteiger partial charge in [0.2, 0.25) is 0 Å². The lowest BCUT2D eigenvalue weighted by molar-refractivity contribution is 0.223. The number of nitrogens with one attached hydrogen (secondary N) is 2. The Kier molecular flexibility index (Phi) is 3.74. The summed E-state index contributed by atoms with van der Waals surface area (Å²) >= 11 is 0. The highest BCUT2D eigenvalue weighted by molar-refractivity contribution is 4.90. The average molecular weight is 184 g/mol. The topological polar surface area (TPSA) is 24.1 Å². The van der Waals surface area contributed by atoms with E-state index in [-0.39, 0.29) is 0 Å². The van der Waals surface area contributed by atoms with E-state index in [4.69, 9.17) is 0 Å². The van der Waals surface area contributed by atoms with Crippen LogP contribution in [0.25, 0.3) is 0 Å². The smallest absolute Gasteiger partial charge is 0.0180 e. The van der Waals surface area contributed by atoms with Crippen LogP contribution in [0.1, 0.15) is 40.5 Å². The third-order valence-corrected chi connectivity index (χ3v) is 3.28. The molecule has 0 aromatic carbocycles. The summed E-state index contributed by atoms with van der Waals surface area (Å²) in [6.45, 7) is 11.5. The first-order chi connectivity index (χ1) is 6.03. The molecular weight excluding hydrogens is 160 g/mol. The van der Waals surface area contributed by atoms with Crippen LogP contribution >= 0.6 is 0 Å². The van der Waals surface area contributed by atoms with Gasteiger partial charge in [0.15, 0.2) is 0 Å². The largest absolute Gasteiger partial charge is 0.317 e. The quantitative estimate of drug-likeness (QED) is 0.698. The Morgan fingerprint density at radius 1 is 1.15 bits per heavy atom. The number of hydrogen-bond donors (Lipinski definition) is 2. The van der Waals surface area contributed by atoms with Crippen molar-refractivity contribution in [1.29, 1.82) is 0 Å². The molecule has 1 aliphatic heterocycles. The van der Waals surface area contributed by atoms with E-state index in [0.717, 1.165) is 19.0 Å². The van der Waals surface area contributed by atoms with Crippen molar-refractivity contribution < 1.29 is 0 Å². The molecule has 1 unspecified atom stereocenters. The van der Waals surface area contributed by atoms with Gasteiger partial charge in [-0.2, -0.15) is 0 Å². The van der Waals surface area contributed by atoms with Crippen molar-refractivity contribution >= 4 is 0 Å². The van der Waals surface area contributed by atoms with Crippen LogP contribution in [0.5, 0.6) is 0 Å². The van der Waals surface area contributed by atoms with Gasteiger partial charge >= 0.3 is 0 Å². The molecule has 0 amide bonds. The van der Waals surface area contributed by atoms with Crippen molar-refractivity contribution in [3.05, 3.63) is 0 Å². The van der Waals surface area contributed by atoms with Crippen LogP contribution in [-0.4, -0.2) is 24.7 Å². The normalized spacial score (nSPS) is 24.7. The van der Waals surface area contributed by atoms with E-state index in [2.05, 4.69) is 38.3 Å². The summed E-state index contributed by atoms with van der Waals surface area (Å²) in [6.07, 6.45) is 2.51. The summed E-state index contributed by atoms with van der Waals surface area (Å²) in [6, 6.07) is 0.628. The molecule has 0 saturated carbocycles. The van der Waals surface area contributed by atoms with E-state index in [0.29, 0.717) is 11.6 Å². The van der Waals surface area contributed by atoms with Gasteiger partial charge in [0.1, 0.15) is 0 Å². The van der Waals surface area contributed by atoms with Gasteiger partial charge in [-0.25, -0.2) is 0 Å². The zero-order valence-electron chi connectivity index (χ0n) is 9.48. The summed E-state index contributed by atoms with van der Waals surface area (Å²) in [5, 5.41) is 7.16. The van der Waals surface area contributed by atoms with Gasteiger partial charge in [0.05, 0.1) is 0 Å². The van der Waals surface area contributed by atoms with E-state index in [9.17, 15) is 0 Å². The highest BCUT2D eigenvalue weighted by Crippen LogP contribution is 2.19. The molecule has 0 aromatic rings. The molecule has 1 aliphatic rings. The van der Waals surface area contributed by atoms with Crippen molar-refractivity contribution in [3.8, 4) is 0 Å². The molecule has 0 aromatic heterocycles. The standard InChI is InChI=1S/C11H24N2/c1-9(2)10(3)13-11(4)5-7-12-8-6-11/h9-10,12-13H,5-8H2,1-4H3. The molecule has 2 nitrogen and oxygen atoms in total. The second-order valence-electron chi connectivity index (χ2n) is 4.99. The Hall–Kier alpha value is -0.0800. The molecule has 1 fully saturated rings. The SMILES string of the molecule is CC(C)C(C)NC1(C)CCNCC1. The fourth-order valence-corrected chi connectivity index (χ4v) is 1.84. The fourth-order valence-electron chi connectivity index (χ4n) is 1.84. The number of rotatable bonds is 3. The zero-order valence-corrected chi connectivity index (χ0v) is 9.48. The van der Waals surface area contributed by atoms with Crippen molar-refractivity contribution in [2.45, 2.75) is 52.1 Å². The van der Waals surface area contributed by atoms with Crippen molar-refractivity contribution in [2.24, 2.45) is 5.92 Å². The average Bonchev–Trinajstić information content (AvgIpc) is 2.04. The highest BCUT2D eigenvalue weighted by Gasteiger charge is 2.28. The van der Waals surface area contributed by atoms with Crippen LogP contribution in [0.2, 0.25) is 0 Å². The third kappa shape index (κ3) is 3.28. The van der Waals surface area contributed by atoms with Crippen LogP contribution < -0.4 is 10.6 Å². The monoisotopic (exact) mass is 184 g/mol. The lowest BCUT2D eigenvalue weighted by Crippen LogP contribution is -2.54. The first-order valence-corrected chi connectivity index (χ1v) is 5.52. The number of piperidine rings is 1. The Bertz CT molecular complexity index is 148. The van der Waals surface area contributed by atoms with E-state index in [1.165, 1.54) is 12.8 Å². The van der Waals surface area contributed by atoms with Gasteiger partial charge in [-0.05, 0) is 45.7 Å². The van der Waals surface area contributed by atoms with Crippen molar-refractivity contribution in [1.82, 2.24) is 10.6 Å². The molecule has 78 valence electrons. The lowest BCUT2D eigenvalue weighted by Gasteiger charge is -2.38. The third-order valence-electron chi connectivity index (χ3n) is 3.28. The second-order valence-corrected chi connectivity index (χ2v) is 4.99. The first kappa shape index (κ1) is 11.0. The van der Waals surface area contributed by atoms with Gasteiger partial charge in [-0.3, -0.25) is 0 Å². The molecule has 0 radical (unpaired) electrons. The van der Waals surface area contributed by atoms with E-state index in [1.54, 1.807) is 0 Å². The Balaban J connectivity index is 2.40. The summed E-state index contributed by atoms with van der Waals surface area (Å²) in [5.41, 5.74) is 0.370.